The summed E-state index contributed by atoms with van der Waals surface area (Å²) in [4.78, 5) is 4.25. The topological polar surface area (TPSA) is 57.9 Å². The van der Waals surface area contributed by atoms with E-state index in [1.807, 2.05) is 33.0 Å². The van der Waals surface area contributed by atoms with Crippen LogP contribution in [0.5, 0.6) is 5.75 Å². The predicted octanol–water partition coefficient (Wildman–Crippen LogP) is 2.12. The monoisotopic (exact) mass is 233 g/mol. The summed E-state index contributed by atoms with van der Waals surface area (Å²) in [5.74, 6) is 0.749. The lowest BCUT2D eigenvalue weighted by atomic mass is 9.92. The van der Waals surface area contributed by atoms with Gasteiger partial charge in [0, 0.05) is 6.54 Å². The number of hydrogen-bond donors (Lipinski definition) is 1. The van der Waals surface area contributed by atoms with Gasteiger partial charge in [-0.25, -0.2) is 0 Å². The second kappa shape index (κ2) is 6.21. The first-order chi connectivity index (χ1) is 8.07. The van der Waals surface area contributed by atoms with Crippen LogP contribution >= 0.6 is 0 Å². The van der Waals surface area contributed by atoms with E-state index < -0.39 is 0 Å². The van der Waals surface area contributed by atoms with Gasteiger partial charge < -0.3 is 10.1 Å². The van der Waals surface area contributed by atoms with Crippen molar-refractivity contribution in [1.29, 1.82) is 5.26 Å². The van der Waals surface area contributed by atoms with Gasteiger partial charge >= 0.3 is 0 Å². The molecule has 0 atom stereocenters. The van der Waals surface area contributed by atoms with Gasteiger partial charge in [0.2, 0.25) is 0 Å². The van der Waals surface area contributed by atoms with E-state index in [0.717, 1.165) is 18.0 Å². The third-order valence-electron chi connectivity index (χ3n) is 2.45. The molecule has 4 heteroatoms. The molecule has 0 saturated carbocycles. The average Bonchev–Trinajstić information content (AvgIpc) is 2.32. The smallest absolute Gasteiger partial charge is 0.137 e. The molecule has 0 unspecified atom stereocenters. The highest BCUT2D eigenvalue weighted by molar-refractivity contribution is 5.19. The maximum absolute atomic E-state index is 8.86. The van der Waals surface area contributed by atoms with Crippen molar-refractivity contribution in [3.63, 3.8) is 0 Å². The lowest BCUT2D eigenvalue weighted by molar-refractivity contribution is 0.263. The molecule has 1 aromatic heterocycles. The molecule has 4 nitrogen and oxygen atoms in total. The minimum absolute atomic E-state index is 0.334. The standard InChI is InChI=1S/C13H19N3O/c1-13(2,10-14)6-7-17-12-5-4-11(8-15-3)16-9-12/h4-5,9,15H,6-8H2,1-3H3. The number of aromatic nitrogens is 1. The Morgan fingerprint density at radius 1 is 1.47 bits per heavy atom. The Balaban J connectivity index is 2.40. The number of nitriles is 1. The van der Waals surface area contributed by atoms with Gasteiger partial charge in [-0.05, 0) is 39.4 Å². The molecule has 0 saturated heterocycles. The number of nitrogens with one attached hydrogen (secondary N) is 1. The Bertz CT molecular complexity index is 379. The SMILES string of the molecule is CNCc1ccc(OCCC(C)(C)C#N)cn1. The first-order valence-corrected chi connectivity index (χ1v) is 5.71. The van der Waals surface area contributed by atoms with Gasteiger partial charge in [-0.15, -0.1) is 0 Å². The van der Waals surface area contributed by atoms with Crippen molar-refractivity contribution < 1.29 is 4.74 Å². The third-order valence-corrected chi connectivity index (χ3v) is 2.45. The number of hydrogen-bond acceptors (Lipinski definition) is 4. The van der Waals surface area contributed by atoms with Crippen molar-refractivity contribution in [2.45, 2.75) is 26.8 Å². The van der Waals surface area contributed by atoms with Crippen LogP contribution < -0.4 is 10.1 Å². The highest BCUT2D eigenvalue weighted by Gasteiger charge is 2.16. The first-order valence-electron chi connectivity index (χ1n) is 5.71. The van der Waals surface area contributed by atoms with Gasteiger partial charge in [0.05, 0.1) is 30.0 Å². The molecule has 0 fully saturated rings. The van der Waals surface area contributed by atoms with E-state index in [1.165, 1.54) is 0 Å². The Kier molecular flexibility index (Phi) is 4.92. The zero-order valence-electron chi connectivity index (χ0n) is 10.7. The lowest BCUT2D eigenvalue weighted by Gasteiger charge is -2.15. The highest BCUT2D eigenvalue weighted by atomic mass is 16.5. The lowest BCUT2D eigenvalue weighted by Crippen LogP contribution is -2.13. The molecule has 17 heavy (non-hydrogen) atoms. The molecule has 0 radical (unpaired) electrons. The van der Waals surface area contributed by atoms with Gasteiger partial charge in [-0.3, -0.25) is 4.98 Å². The normalized spacial score (nSPS) is 10.9. The van der Waals surface area contributed by atoms with Crippen LogP contribution in [0, 0.1) is 16.7 Å². The average molecular weight is 233 g/mol. The van der Waals surface area contributed by atoms with E-state index in [1.54, 1.807) is 6.20 Å². The van der Waals surface area contributed by atoms with Crippen LogP contribution in [0.3, 0.4) is 0 Å². The van der Waals surface area contributed by atoms with Crippen LogP contribution in [0.2, 0.25) is 0 Å². The summed E-state index contributed by atoms with van der Waals surface area (Å²) in [5.41, 5.74) is 0.650. The number of nitrogens with zero attached hydrogens (tertiary/aromatic N) is 2. The number of ether oxygens (including phenoxy) is 1. The van der Waals surface area contributed by atoms with Crippen LogP contribution in [0.25, 0.3) is 0 Å². The molecule has 1 N–H and O–H groups in total. The summed E-state index contributed by atoms with van der Waals surface area (Å²) >= 11 is 0. The van der Waals surface area contributed by atoms with E-state index in [9.17, 15) is 0 Å². The predicted molar refractivity (Wildman–Crippen MR) is 66.5 cm³/mol. The molecule has 0 bridgehead atoms. The molecular weight excluding hydrogens is 214 g/mol. The first kappa shape index (κ1) is 13.5. The van der Waals surface area contributed by atoms with E-state index in [-0.39, 0.29) is 5.41 Å². The summed E-state index contributed by atoms with van der Waals surface area (Å²) in [6, 6.07) is 6.08. The molecule has 1 heterocycles. The van der Waals surface area contributed by atoms with Gasteiger partial charge in [-0.2, -0.15) is 5.26 Å². The van der Waals surface area contributed by atoms with Crippen molar-refractivity contribution in [2.75, 3.05) is 13.7 Å². The van der Waals surface area contributed by atoms with Crippen molar-refractivity contribution >= 4 is 0 Å². The van der Waals surface area contributed by atoms with Crippen molar-refractivity contribution in [3.8, 4) is 11.8 Å². The molecule has 0 spiro atoms. The van der Waals surface area contributed by atoms with Crippen LogP contribution in [-0.4, -0.2) is 18.6 Å². The maximum atomic E-state index is 8.86. The maximum Gasteiger partial charge on any atom is 0.137 e. The Labute approximate surface area is 103 Å². The molecule has 1 rings (SSSR count). The molecule has 0 aromatic carbocycles. The van der Waals surface area contributed by atoms with Crippen molar-refractivity contribution in [1.82, 2.24) is 10.3 Å². The molecule has 0 aliphatic heterocycles. The fraction of sp³-hybridized carbons (Fsp3) is 0.538. The Morgan fingerprint density at radius 2 is 2.24 bits per heavy atom. The fourth-order valence-corrected chi connectivity index (χ4v) is 1.26. The minimum Gasteiger partial charge on any atom is -0.492 e. The zero-order chi connectivity index (χ0) is 12.7. The number of pyridine rings is 1. The van der Waals surface area contributed by atoms with E-state index in [0.29, 0.717) is 13.0 Å². The summed E-state index contributed by atoms with van der Waals surface area (Å²) in [5, 5.41) is 11.9. The van der Waals surface area contributed by atoms with Crippen LogP contribution in [0.4, 0.5) is 0 Å². The summed E-state index contributed by atoms with van der Waals surface area (Å²) in [6.07, 6.45) is 2.42. The molecule has 0 aliphatic carbocycles. The van der Waals surface area contributed by atoms with E-state index in [4.69, 9.17) is 10.00 Å². The molecular formula is C13H19N3O. The van der Waals surface area contributed by atoms with Gasteiger partial charge in [0.1, 0.15) is 5.75 Å². The van der Waals surface area contributed by atoms with Gasteiger partial charge in [0.15, 0.2) is 0 Å². The second-order valence-electron chi connectivity index (χ2n) is 4.61. The second-order valence-corrected chi connectivity index (χ2v) is 4.61. The quantitative estimate of drug-likeness (QED) is 0.817. The molecule has 92 valence electrons. The van der Waals surface area contributed by atoms with Crippen molar-refractivity contribution in [2.24, 2.45) is 5.41 Å². The van der Waals surface area contributed by atoms with E-state index >= 15 is 0 Å². The highest BCUT2D eigenvalue weighted by Crippen LogP contribution is 2.19. The summed E-state index contributed by atoms with van der Waals surface area (Å²) < 4.78 is 5.54. The van der Waals surface area contributed by atoms with Crippen molar-refractivity contribution in [3.05, 3.63) is 24.0 Å². The molecule has 1 aromatic rings. The largest absolute Gasteiger partial charge is 0.492 e. The minimum atomic E-state index is -0.334. The van der Waals surface area contributed by atoms with E-state index in [2.05, 4.69) is 16.4 Å². The molecule has 0 aliphatic rings. The molecule has 0 amide bonds. The Hall–Kier alpha value is -1.60. The van der Waals surface area contributed by atoms with Gasteiger partial charge in [-0.1, -0.05) is 0 Å². The number of rotatable bonds is 6. The third kappa shape index (κ3) is 4.83. The summed E-state index contributed by atoms with van der Waals surface area (Å²) in [7, 11) is 1.88. The van der Waals surface area contributed by atoms with Gasteiger partial charge in [0.25, 0.3) is 0 Å². The Morgan fingerprint density at radius 3 is 2.76 bits per heavy atom. The summed E-state index contributed by atoms with van der Waals surface area (Å²) in [6.45, 7) is 5.10. The zero-order valence-corrected chi connectivity index (χ0v) is 10.7. The van der Waals surface area contributed by atoms with Crippen LogP contribution in [0.1, 0.15) is 26.0 Å². The van der Waals surface area contributed by atoms with Crippen LogP contribution in [0.15, 0.2) is 18.3 Å². The fourth-order valence-electron chi connectivity index (χ4n) is 1.26. The van der Waals surface area contributed by atoms with Crippen LogP contribution in [-0.2, 0) is 6.54 Å².